The summed E-state index contributed by atoms with van der Waals surface area (Å²) in [6, 6.07) is 5.99. The molecule has 0 aliphatic heterocycles. The Morgan fingerprint density at radius 3 is 2.56 bits per heavy atom. The normalized spacial score (nSPS) is 16.6. The zero-order valence-electron chi connectivity index (χ0n) is 11.1. The van der Waals surface area contributed by atoms with E-state index in [9.17, 15) is 9.90 Å². The molecule has 0 saturated heterocycles. The first kappa shape index (κ1) is 12.9. The largest absolute Gasteiger partial charge is 0.478 e. The van der Waals surface area contributed by atoms with E-state index in [0.29, 0.717) is 11.6 Å². The minimum Gasteiger partial charge on any atom is -0.478 e. The Hall–Kier alpha value is -1.51. The highest BCUT2D eigenvalue weighted by atomic mass is 16.4. The summed E-state index contributed by atoms with van der Waals surface area (Å²) < 4.78 is 0. The van der Waals surface area contributed by atoms with Crippen molar-refractivity contribution in [1.29, 1.82) is 0 Å². The van der Waals surface area contributed by atoms with Gasteiger partial charge in [0.05, 0.1) is 11.3 Å². The molecule has 98 valence electrons. The molecule has 0 spiro atoms. The van der Waals surface area contributed by atoms with Gasteiger partial charge < -0.3 is 10.0 Å². The van der Waals surface area contributed by atoms with E-state index in [0.717, 1.165) is 11.3 Å². The van der Waals surface area contributed by atoms with Gasteiger partial charge in [-0.1, -0.05) is 31.4 Å². The van der Waals surface area contributed by atoms with Gasteiger partial charge in [0, 0.05) is 13.1 Å². The van der Waals surface area contributed by atoms with Gasteiger partial charge >= 0.3 is 5.97 Å². The summed E-state index contributed by atoms with van der Waals surface area (Å²) >= 11 is 0. The topological polar surface area (TPSA) is 40.5 Å². The van der Waals surface area contributed by atoms with Gasteiger partial charge in [0.15, 0.2) is 0 Å². The number of aryl methyl sites for hydroxylation is 1. The fourth-order valence-corrected chi connectivity index (χ4v) is 2.95. The van der Waals surface area contributed by atoms with Gasteiger partial charge in [-0.15, -0.1) is 0 Å². The molecule has 2 rings (SSSR count). The van der Waals surface area contributed by atoms with Crippen molar-refractivity contribution >= 4 is 11.7 Å². The van der Waals surface area contributed by atoms with Crippen LogP contribution >= 0.6 is 0 Å². The van der Waals surface area contributed by atoms with Crippen LogP contribution in [0.25, 0.3) is 0 Å². The molecule has 1 fully saturated rings. The lowest BCUT2D eigenvalue weighted by Gasteiger charge is -2.34. The van der Waals surface area contributed by atoms with Crippen molar-refractivity contribution in [1.82, 2.24) is 0 Å². The lowest BCUT2D eigenvalue weighted by atomic mass is 9.93. The smallest absolute Gasteiger partial charge is 0.337 e. The SMILES string of the molecule is Cc1cccc(C(=O)O)c1N(C)C1CCCCC1. The van der Waals surface area contributed by atoms with Crippen LogP contribution in [0.1, 0.15) is 48.0 Å². The van der Waals surface area contributed by atoms with Crippen LogP contribution in [-0.4, -0.2) is 24.2 Å². The number of hydrogen-bond donors (Lipinski definition) is 1. The maximum atomic E-state index is 11.3. The Kier molecular flexibility index (Phi) is 3.90. The molecule has 1 saturated carbocycles. The van der Waals surface area contributed by atoms with Crippen LogP contribution in [0.3, 0.4) is 0 Å². The molecule has 0 heterocycles. The van der Waals surface area contributed by atoms with Gasteiger partial charge in [-0.3, -0.25) is 0 Å². The number of carbonyl (C=O) groups is 1. The Morgan fingerprint density at radius 1 is 1.28 bits per heavy atom. The molecule has 18 heavy (non-hydrogen) atoms. The van der Waals surface area contributed by atoms with Gasteiger partial charge in [0.25, 0.3) is 0 Å². The fraction of sp³-hybridized carbons (Fsp3) is 0.533. The highest BCUT2D eigenvalue weighted by Gasteiger charge is 2.23. The molecular weight excluding hydrogens is 226 g/mol. The van der Waals surface area contributed by atoms with Crippen LogP contribution in [0, 0.1) is 6.92 Å². The van der Waals surface area contributed by atoms with E-state index in [1.54, 1.807) is 6.07 Å². The Bertz CT molecular complexity index is 436. The first-order valence-corrected chi connectivity index (χ1v) is 6.67. The van der Waals surface area contributed by atoms with E-state index in [1.807, 2.05) is 26.1 Å². The number of aromatic carboxylic acids is 1. The number of rotatable bonds is 3. The molecule has 1 aromatic carbocycles. The number of carboxylic acids is 1. The summed E-state index contributed by atoms with van der Waals surface area (Å²) in [4.78, 5) is 13.5. The third kappa shape index (κ3) is 2.50. The molecule has 3 heteroatoms. The fourth-order valence-electron chi connectivity index (χ4n) is 2.95. The minimum atomic E-state index is -0.837. The average Bonchev–Trinajstić information content (AvgIpc) is 2.38. The zero-order chi connectivity index (χ0) is 13.1. The average molecular weight is 247 g/mol. The molecule has 1 aliphatic rings. The van der Waals surface area contributed by atoms with E-state index in [-0.39, 0.29) is 0 Å². The van der Waals surface area contributed by atoms with Gasteiger partial charge in [-0.05, 0) is 31.4 Å². The van der Waals surface area contributed by atoms with Gasteiger partial charge in [0.1, 0.15) is 0 Å². The summed E-state index contributed by atoms with van der Waals surface area (Å²) in [5, 5.41) is 9.31. The van der Waals surface area contributed by atoms with E-state index >= 15 is 0 Å². The second kappa shape index (κ2) is 5.42. The van der Waals surface area contributed by atoms with Crippen LogP contribution in [0.5, 0.6) is 0 Å². The summed E-state index contributed by atoms with van der Waals surface area (Å²) in [5.74, 6) is -0.837. The minimum absolute atomic E-state index is 0.420. The molecule has 0 bridgehead atoms. The van der Waals surface area contributed by atoms with E-state index in [1.165, 1.54) is 32.1 Å². The number of carboxylic acid groups (broad SMARTS) is 1. The third-order valence-corrected chi connectivity index (χ3v) is 3.94. The zero-order valence-corrected chi connectivity index (χ0v) is 11.1. The number of nitrogens with zero attached hydrogens (tertiary/aromatic N) is 1. The standard InChI is InChI=1S/C15H21NO2/c1-11-7-6-10-13(15(17)18)14(11)16(2)12-8-4-3-5-9-12/h6-7,10,12H,3-5,8-9H2,1-2H3,(H,17,18). The summed E-state index contributed by atoms with van der Waals surface area (Å²) in [6.07, 6.45) is 6.16. The van der Waals surface area contributed by atoms with Crippen molar-refractivity contribution in [3.05, 3.63) is 29.3 Å². The quantitative estimate of drug-likeness (QED) is 0.889. The molecule has 0 radical (unpaired) electrons. The van der Waals surface area contributed by atoms with Crippen LogP contribution < -0.4 is 4.90 Å². The molecule has 1 aliphatic carbocycles. The predicted molar refractivity (Wildman–Crippen MR) is 73.4 cm³/mol. The van der Waals surface area contributed by atoms with Crippen molar-refractivity contribution < 1.29 is 9.90 Å². The summed E-state index contributed by atoms with van der Waals surface area (Å²) in [5.41, 5.74) is 2.35. The van der Waals surface area contributed by atoms with E-state index < -0.39 is 5.97 Å². The predicted octanol–water partition coefficient (Wildman–Crippen LogP) is 3.46. The first-order valence-electron chi connectivity index (χ1n) is 6.67. The lowest BCUT2D eigenvalue weighted by Crippen LogP contribution is -2.34. The Labute approximate surface area is 108 Å². The highest BCUT2D eigenvalue weighted by Crippen LogP contribution is 2.30. The highest BCUT2D eigenvalue weighted by molar-refractivity contribution is 5.95. The Balaban J connectivity index is 2.33. The molecule has 0 unspecified atom stereocenters. The lowest BCUT2D eigenvalue weighted by molar-refractivity contribution is 0.0697. The maximum absolute atomic E-state index is 11.3. The van der Waals surface area contributed by atoms with Crippen molar-refractivity contribution in [3.63, 3.8) is 0 Å². The van der Waals surface area contributed by atoms with Crippen LogP contribution in [0.2, 0.25) is 0 Å². The maximum Gasteiger partial charge on any atom is 0.337 e. The Morgan fingerprint density at radius 2 is 1.94 bits per heavy atom. The van der Waals surface area contributed by atoms with Gasteiger partial charge in [-0.25, -0.2) is 4.79 Å². The number of hydrogen-bond acceptors (Lipinski definition) is 2. The number of benzene rings is 1. The first-order chi connectivity index (χ1) is 8.61. The number of anilines is 1. The van der Waals surface area contributed by atoms with Crippen molar-refractivity contribution in [2.24, 2.45) is 0 Å². The molecule has 0 atom stereocenters. The van der Waals surface area contributed by atoms with E-state index in [4.69, 9.17) is 0 Å². The molecule has 0 aromatic heterocycles. The van der Waals surface area contributed by atoms with Crippen molar-refractivity contribution in [2.75, 3.05) is 11.9 Å². The summed E-state index contributed by atoms with van der Waals surface area (Å²) in [7, 11) is 2.03. The molecule has 1 N–H and O–H groups in total. The van der Waals surface area contributed by atoms with Crippen molar-refractivity contribution in [3.8, 4) is 0 Å². The number of para-hydroxylation sites is 1. The molecule has 1 aromatic rings. The van der Waals surface area contributed by atoms with Gasteiger partial charge in [0.2, 0.25) is 0 Å². The second-order valence-corrected chi connectivity index (χ2v) is 5.18. The molecule has 0 amide bonds. The third-order valence-electron chi connectivity index (χ3n) is 3.94. The molecular formula is C15H21NO2. The van der Waals surface area contributed by atoms with Crippen LogP contribution in [0.4, 0.5) is 5.69 Å². The van der Waals surface area contributed by atoms with Gasteiger partial charge in [-0.2, -0.15) is 0 Å². The monoisotopic (exact) mass is 247 g/mol. The molecule has 3 nitrogen and oxygen atoms in total. The summed E-state index contributed by atoms with van der Waals surface area (Å²) in [6.45, 7) is 1.99. The van der Waals surface area contributed by atoms with Crippen LogP contribution in [-0.2, 0) is 0 Å². The van der Waals surface area contributed by atoms with E-state index in [2.05, 4.69) is 4.90 Å². The van der Waals surface area contributed by atoms with Crippen LogP contribution in [0.15, 0.2) is 18.2 Å². The van der Waals surface area contributed by atoms with Crippen molar-refractivity contribution in [2.45, 2.75) is 45.1 Å². The second-order valence-electron chi connectivity index (χ2n) is 5.18.